The molecular formula is C11H16BrNO. The first-order chi connectivity index (χ1) is 6.59. The Balaban J connectivity index is 2.53. The van der Waals surface area contributed by atoms with Crippen molar-refractivity contribution >= 4 is 21.6 Å². The topological polar surface area (TPSA) is 32.3 Å². The van der Waals surface area contributed by atoms with E-state index in [1.807, 2.05) is 6.07 Å². The third-order valence-electron chi connectivity index (χ3n) is 2.00. The Morgan fingerprint density at radius 1 is 1.50 bits per heavy atom. The van der Waals surface area contributed by atoms with Crippen molar-refractivity contribution in [3.8, 4) is 0 Å². The van der Waals surface area contributed by atoms with E-state index in [9.17, 15) is 0 Å². The van der Waals surface area contributed by atoms with Crippen molar-refractivity contribution in [1.29, 1.82) is 0 Å². The van der Waals surface area contributed by atoms with Crippen molar-refractivity contribution in [1.82, 2.24) is 0 Å². The first kappa shape index (κ1) is 11.5. The van der Waals surface area contributed by atoms with Crippen LogP contribution in [0.1, 0.15) is 18.9 Å². The SMILES string of the molecule is Cc1ccc(Br)c(NCCC(C)O)c1. The van der Waals surface area contributed by atoms with E-state index in [1.54, 1.807) is 6.92 Å². The molecule has 0 heterocycles. The zero-order valence-electron chi connectivity index (χ0n) is 8.55. The second-order valence-electron chi connectivity index (χ2n) is 3.55. The van der Waals surface area contributed by atoms with Gasteiger partial charge in [-0.15, -0.1) is 0 Å². The van der Waals surface area contributed by atoms with E-state index in [1.165, 1.54) is 5.56 Å². The van der Waals surface area contributed by atoms with Crippen LogP contribution in [-0.4, -0.2) is 17.8 Å². The third kappa shape index (κ3) is 3.68. The van der Waals surface area contributed by atoms with E-state index in [0.29, 0.717) is 0 Å². The first-order valence-electron chi connectivity index (χ1n) is 4.77. The third-order valence-corrected chi connectivity index (χ3v) is 2.69. The number of anilines is 1. The molecule has 1 aromatic rings. The number of benzene rings is 1. The molecule has 2 nitrogen and oxygen atoms in total. The average Bonchev–Trinajstić information content (AvgIpc) is 2.10. The van der Waals surface area contributed by atoms with E-state index < -0.39 is 0 Å². The van der Waals surface area contributed by atoms with Gasteiger partial charge in [-0.1, -0.05) is 6.07 Å². The number of aryl methyl sites for hydroxylation is 1. The molecule has 0 fully saturated rings. The molecule has 1 aromatic carbocycles. The van der Waals surface area contributed by atoms with Crippen molar-refractivity contribution in [2.45, 2.75) is 26.4 Å². The molecule has 0 saturated carbocycles. The van der Waals surface area contributed by atoms with Gasteiger partial charge in [0.15, 0.2) is 0 Å². The summed E-state index contributed by atoms with van der Waals surface area (Å²) in [6.45, 7) is 4.65. The van der Waals surface area contributed by atoms with Crippen molar-refractivity contribution in [2.75, 3.05) is 11.9 Å². The van der Waals surface area contributed by atoms with Gasteiger partial charge in [0.05, 0.1) is 6.10 Å². The van der Waals surface area contributed by atoms with E-state index >= 15 is 0 Å². The minimum Gasteiger partial charge on any atom is -0.393 e. The predicted octanol–water partition coefficient (Wildman–Crippen LogP) is 2.94. The summed E-state index contributed by atoms with van der Waals surface area (Å²) in [5.74, 6) is 0. The van der Waals surface area contributed by atoms with Crippen LogP contribution < -0.4 is 5.32 Å². The van der Waals surface area contributed by atoms with Crippen LogP contribution in [0.5, 0.6) is 0 Å². The first-order valence-corrected chi connectivity index (χ1v) is 5.57. The molecule has 1 atom stereocenters. The second kappa shape index (κ2) is 5.37. The van der Waals surface area contributed by atoms with Gasteiger partial charge in [0, 0.05) is 16.7 Å². The highest BCUT2D eigenvalue weighted by molar-refractivity contribution is 9.10. The summed E-state index contributed by atoms with van der Waals surface area (Å²) in [6.07, 6.45) is 0.520. The zero-order chi connectivity index (χ0) is 10.6. The zero-order valence-corrected chi connectivity index (χ0v) is 10.1. The maximum absolute atomic E-state index is 9.10. The van der Waals surface area contributed by atoms with E-state index in [4.69, 9.17) is 5.11 Å². The van der Waals surface area contributed by atoms with Crippen LogP contribution >= 0.6 is 15.9 Å². The van der Waals surface area contributed by atoms with Gasteiger partial charge in [0.2, 0.25) is 0 Å². The molecule has 0 bridgehead atoms. The fourth-order valence-electron chi connectivity index (χ4n) is 1.19. The molecule has 0 saturated heterocycles. The maximum Gasteiger partial charge on any atom is 0.0528 e. The summed E-state index contributed by atoms with van der Waals surface area (Å²) >= 11 is 3.47. The molecule has 2 N–H and O–H groups in total. The summed E-state index contributed by atoms with van der Waals surface area (Å²) < 4.78 is 1.06. The predicted molar refractivity (Wildman–Crippen MR) is 63.7 cm³/mol. The van der Waals surface area contributed by atoms with Crippen molar-refractivity contribution in [2.24, 2.45) is 0 Å². The molecule has 0 spiro atoms. The van der Waals surface area contributed by atoms with Crippen LogP contribution in [0.4, 0.5) is 5.69 Å². The molecule has 78 valence electrons. The average molecular weight is 258 g/mol. The quantitative estimate of drug-likeness (QED) is 0.870. The lowest BCUT2D eigenvalue weighted by Crippen LogP contribution is -2.10. The minimum atomic E-state index is -0.244. The lowest BCUT2D eigenvalue weighted by atomic mass is 10.2. The Labute approximate surface area is 93.5 Å². The summed E-state index contributed by atoms with van der Waals surface area (Å²) in [6, 6.07) is 6.18. The monoisotopic (exact) mass is 257 g/mol. The Bertz CT molecular complexity index is 299. The molecule has 0 aliphatic heterocycles. The van der Waals surface area contributed by atoms with E-state index in [-0.39, 0.29) is 6.10 Å². The molecule has 14 heavy (non-hydrogen) atoms. The summed E-state index contributed by atoms with van der Waals surface area (Å²) in [7, 11) is 0. The molecule has 3 heteroatoms. The summed E-state index contributed by atoms with van der Waals surface area (Å²) in [4.78, 5) is 0. The number of aliphatic hydroxyl groups excluding tert-OH is 1. The minimum absolute atomic E-state index is 0.244. The molecule has 1 rings (SSSR count). The normalized spacial score (nSPS) is 12.6. The van der Waals surface area contributed by atoms with Gasteiger partial charge in [0.25, 0.3) is 0 Å². The summed E-state index contributed by atoms with van der Waals surface area (Å²) in [5.41, 5.74) is 2.32. The standard InChI is InChI=1S/C11H16BrNO/c1-8-3-4-10(12)11(7-8)13-6-5-9(2)14/h3-4,7,9,13-14H,5-6H2,1-2H3. The van der Waals surface area contributed by atoms with Gasteiger partial charge in [-0.05, 0) is 53.9 Å². The highest BCUT2D eigenvalue weighted by atomic mass is 79.9. The number of halogens is 1. The lowest BCUT2D eigenvalue weighted by Gasteiger charge is -2.10. The van der Waals surface area contributed by atoms with Crippen molar-refractivity contribution in [3.63, 3.8) is 0 Å². The van der Waals surface area contributed by atoms with Gasteiger partial charge in [0.1, 0.15) is 0 Å². The number of aliphatic hydroxyl groups is 1. The Kier molecular flexibility index (Phi) is 4.42. The van der Waals surface area contributed by atoms with Gasteiger partial charge in [-0.2, -0.15) is 0 Å². The van der Waals surface area contributed by atoms with E-state index in [0.717, 1.165) is 23.1 Å². The molecule has 0 aromatic heterocycles. The fourth-order valence-corrected chi connectivity index (χ4v) is 1.58. The van der Waals surface area contributed by atoms with Gasteiger partial charge in [-0.3, -0.25) is 0 Å². The smallest absolute Gasteiger partial charge is 0.0528 e. The van der Waals surface area contributed by atoms with Gasteiger partial charge < -0.3 is 10.4 Å². The second-order valence-corrected chi connectivity index (χ2v) is 4.40. The number of hydrogen-bond donors (Lipinski definition) is 2. The molecule has 0 amide bonds. The van der Waals surface area contributed by atoms with Crippen LogP contribution in [-0.2, 0) is 0 Å². The van der Waals surface area contributed by atoms with Crippen LogP contribution in [0.3, 0.4) is 0 Å². The van der Waals surface area contributed by atoms with Crippen molar-refractivity contribution < 1.29 is 5.11 Å². The highest BCUT2D eigenvalue weighted by Gasteiger charge is 2.00. The fraction of sp³-hybridized carbons (Fsp3) is 0.455. The largest absolute Gasteiger partial charge is 0.393 e. The Morgan fingerprint density at radius 3 is 2.86 bits per heavy atom. The number of hydrogen-bond acceptors (Lipinski definition) is 2. The number of nitrogens with one attached hydrogen (secondary N) is 1. The van der Waals surface area contributed by atoms with Gasteiger partial charge >= 0.3 is 0 Å². The molecule has 0 aliphatic carbocycles. The Morgan fingerprint density at radius 2 is 2.21 bits per heavy atom. The maximum atomic E-state index is 9.10. The van der Waals surface area contributed by atoms with Crippen LogP contribution in [0.15, 0.2) is 22.7 Å². The lowest BCUT2D eigenvalue weighted by molar-refractivity contribution is 0.189. The molecule has 0 radical (unpaired) electrons. The van der Waals surface area contributed by atoms with Gasteiger partial charge in [-0.25, -0.2) is 0 Å². The molecule has 1 unspecified atom stereocenters. The highest BCUT2D eigenvalue weighted by Crippen LogP contribution is 2.23. The summed E-state index contributed by atoms with van der Waals surface area (Å²) in [5, 5.41) is 12.4. The van der Waals surface area contributed by atoms with Crippen molar-refractivity contribution in [3.05, 3.63) is 28.2 Å². The molecular weight excluding hydrogens is 242 g/mol. The molecule has 0 aliphatic rings. The number of rotatable bonds is 4. The van der Waals surface area contributed by atoms with Crippen LogP contribution in [0.25, 0.3) is 0 Å². The van der Waals surface area contributed by atoms with Crippen LogP contribution in [0, 0.1) is 6.92 Å². The van der Waals surface area contributed by atoms with E-state index in [2.05, 4.69) is 40.3 Å². The van der Waals surface area contributed by atoms with Crippen LogP contribution in [0.2, 0.25) is 0 Å². The Hall–Kier alpha value is -0.540.